The van der Waals surface area contributed by atoms with E-state index in [4.69, 9.17) is 16.6 Å². The summed E-state index contributed by atoms with van der Waals surface area (Å²) < 4.78 is 0. The number of fused-ring (bicyclic) bond motifs is 1. The van der Waals surface area contributed by atoms with E-state index in [1.54, 1.807) is 13.0 Å². The molecule has 0 radical (unpaired) electrons. The molecule has 4 nitrogen and oxygen atoms in total. The summed E-state index contributed by atoms with van der Waals surface area (Å²) in [7, 11) is 0. The topological polar surface area (TPSA) is 54.9 Å². The first-order chi connectivity index (χ1) is 13.1. The first-order valence-corrected chi connectivity index (χ1v) is 8.89. The number of halogens is 1. The standard InChI is InChI=1S/C22H16ClN3O/c1-14(27)16-5-4-6-18(13-16)24-22-19-7-2-3-8-20(19)25-21(26-22)15-9-11-17(23)12-10-15/h2-13H,1H3,(H,24,25,26). The lowest BCUT2D eigenvalue weighted by Crippen LogP contribution is -2.00. The van der Waals surface area contributed by atoms with Crippen molar-refractivity contribution in [3.8, 4) is 11.4 Å². The van der Waals surface area contributed by atoms with Crippen molar-refractivity contribution in [1.29, 1.82) is 0 Å². The molecule has 27 heavy (non-hydrogen) atoms. The number of benzene rings is 3. The number of hydrogen-bond donors (Lipinski definition) is 1. The number of Topliss-reactive ketones (excluding diaryl/α,β-unsaturated/α-hetero) is 1. The third-order valence-electron chi connectivity index (χ3n) is 4.24. The SMILES string of the molecule is CC(=O)c1cccc(Nc2nc(-c3ccc(Cl)cc3)nc3ccccc23)c1. The number of carbonyl (C=O) groups excluding carboxylic acids is 1. The zero-order valence-corrected chi connectivity index (χ0v) is 15.4. The molecule has 4 aromatic rings. The van der Waals surface area contributed by atoms with Gasteiger partial charge in [0.1, 0.15) is 5.82 Å². The maximum absolute atomic E-state index is 11.7. The zero-order chi connectivity index (χ0) is 18.8. The number of aromatic nitrogens is 2. The molecular formula is C22H16ClN3O. The molecule has 1 aromatic heterocycles. The quantitative estimate of drug-likeness (QED) is 0.453. The van der Waals surface area contributed by atoms with Crippen LogP contribution in [0, 0.1) is 0 Å². The highest BCUT2D eigenvalue weighted by Gasteiger charge is 2.10. The molecule has 132 valence electrons. The predicted molar refractivity (Wildman–Crippen MR) is 110 cm³/mol. The number of anilines is 2. The molecule has 0 aliphatic carbocycles. The van der Waals surface area contributed by atoms with E-state index in [1.807, 2.05) is 66.7 Å². The minimum atomic E-state index is 0.0213. The van der Waals surface area contributed by atoms with Gasteiger partial charge in [0.2, 0.25) is 0 Å². The second-order valence-electron chi connectivity index (χ2n) is 6.18. The van der Waals surface area contributed by atoms with E-state index in [0.29, 0.717) is 22.2 Å². The molecule has 0 unspecified atom stereocenters. The number of rotatable bonds is 4. The summed E-state index contributed by atoms with van der Waals surface area (Å²) in [5.74, 6) is 1.31. The molecule has 0 atom stereocenters. The summed E-state index contributed by atoms with van der Waals surface area (Å²) in [4.78, 5) is 21.1. The van der Waals surface area contributed by atoms with E-state index >= 15 is 0 Å². The van der Waals surface area contributed by atoms with Crippen LogP contribution in [-0.4, -0.2) is 15.8 Å². The van der Waals surface area contributed by atoms with Crippen LogP contribution in [0.1, 0.15) is 17.3 Å². The summed E-state index contributed by atoms with van der Waals surface area (Å²) in [5, 5.41) is 4.91. The second kappa shape index (κ2) is 7.17. The molecule has 0 saturated heterocycles. The van der Waals surface area contributed by atoms with Gasteiger partial charge in [0.25, 0.3) is 0 Å². The molecule has 0 fully saturated rings. The average molecular weight is 374 g/mol. The van der Waals surface area contributed by atoms with Gasteiger partial charge in [-0.15, -0.1) is 0 Å². The zero-order valence-electron chi connectivity index (χ0n) is 14.6. The fourth-order valence-corrected chi connectivity index (χ4v) is 2.98. The van der Waals surface area contributed by atoms with Crippen molar-refractivity contribution in [2.45, 2.75) is 6.92 Å². The van der Waals surface area contributed by atoms with Crippen LogP contribution in [0.2, 0.25) is 5.02 Å². The average Bonchev–Trinajstić information content (AvgIpc) is 2.68. The second-order valence-corrected chi connectivity index (χ2v) is 6.62. The number of nitrogens with zero attached hydrogens (tertiary/aromatic N) is 2. The lowest BCUT2D eigenvalue weighted by molar-refractivity contribution is 0.101. The van der Waals surface area contributed by atoms with E-state index in [0.717, 1.165) is 22.2 Å². The summed E-state index contributed by atoms with van der Waals surface area (Å²) in [6.45, 7) is 1.55. The molecule has 1 heterocycles. The predicted octanol–water partition coefficient (Wildman–Crippen LogP) is 5.90. The Kier molecular flexibility index (Phi) is 4.57. The van der Waals surface area contributed by atoms with Crippen LogP contribution in [0.3, 0.4) is 0 Å². The van der Waals surface area contributed by atoms with Gasteiger partial charge < -0.3 is 5.32 Å². The fraction of sp³-hybridized carbons (Fsp3) is 0.0455. The highest BCUT2D eigenvalue weighted by Crippen LogP contribution is 2.28. The lowest BCUT2D eigenvalue weighted by atomic mass is 10.1. The third-order valence-corrected chi connectivity index (χ3v) is 4.49. The van der Waals surface area contributed by atoms with Gasteiger partial charge in [-0.3, -0.25) is 4.79 Å². The van der Waals surface area contributed by atoms with Crippen LogP contribution < -0.4 is 5.32 Å². The van der Waals surface area contributed by atoms with Gasteiger partial charge in [0.15, 0.2) is 11.6 Å². The van der Waals surface area contributed by atoms with E-state index in [-0.39, 0.29) is 5.78 Å². The number of hydrogen-bond acceptors (Lipinski definition) is 4. The number of carbonyl (C=O) groups is 1. The van der Waals surface area contributed by atoms with Gasteiger partial charge in [0, 0.05) is 27.2 Å². The van der Waals surface area contributed by atoms with Crippen LogP contribution in [0.4, 0.5) is 11.5 Å². The van der Waals surface area contributed by atoms with Gasteiger partial charge in [-0.25, -0.2) is 9.97 Å². The summed E-state index contributed by atoms with van der Waals surface area (Å²) in [5.41, 5.74) is 3.17. The Balaban J connectivity index is 1.82. The molecule has 3 aromatic carbocycles. The smallest absolute Gasteiger partial charge is 0.162 e. The highest BCUT2D eigenvalue weighted by atomic mass is 35.5. The molecule has 0 spiro atoms. The monoisotopic (exact) mass is 373 g/mol. The van der Waals surface area contributed by atoms with Gasteiger partial charge in [-0.2, -0.15) is 0 Å². The van der Waals surface area contributed by atoms with E-state index in [9.17, 15) is 4.79 Å². The summed E-state index contributed by atoms with van der Waals surface area (Å²) >= 11 is 5.99. The normalized spacial score (nSPS) is 10.7. The Labute approximate surface area is 161 Å². The van der Waals surface area contributed by atoms with Crippen LogP contribution in [0.15, 0.2) is 72.8 Å². The first kappa shape index (κ1) is 17.2. The molecular weight excluding hydrogens is 358 g/mol. The van der Waals surface area contributed by atoms with Gasteiger partial charge in [-0.05, 0) is 55.5 Å². The van der Waals surface area contributed by atoms with Crippen molar-refractivity contribution >= 4 is 39.8 Å². The third kappa shape index (κ3) is 3.66. The number of para-hydroxylation sites is 1. The van der Waals surface area contributed by atoms with Crippen LogP contribution in [0.25, 0.3) is 22.3 Å². The number of nitrogens with one attached hydrogen (secondary N) is 1. The first-order valence-electron chi connectivity index (χ1n) is 8.51. The molecule has 0 saturated carbocycles. The Morgan fingerprint density at radius 3 is 2.48 bits per heavy atom. The summed E-state index contributed by atoms with van der Waals surface area (Å²) in [6.07, 6.45) is 0. The van der Waals surface area contributed by atoms with Crippen molar-refractivity contribution in [3.05, 3.63) is 83.4 Å². The maximum atomic E-state index is 11.7. The van der Waals surface area contributed by atoms with Crippen LogP contribution in [-0.2, 0) is 0 Å². The molecule has 4 rings (SSSR count). The van der Waals surface area contributed by atoms with Crippen molar-refractivity contribution < 1.29 is 4.79 Å². The largest absolute Gasteiger partial charge is 0.340 e. The van der Waals surface area contributed by atoms with Gasteiger partial charge in [0.05, 0.1) is 5.52 Å². The lowest BCUT2D eigenvalue weighted by Gasteiger charge is -2.12. The molecule has 5 heteroatoms. The molecule has 1 N–H and O–H groups in total. The number of ketones is 1. The van der Waals surface area contributed by atoms with E-state index < -0.39 is 0 Å². The van der Waals surface area contributed by atoms with Crippen LogP contribution >= 0.6 is 11.6 Å². The Morgan fingerprint density at radius 2 is 1.70 bits per heavy atom. The van der Waals surface area contributed by atoms with Gasteiger partial charge >= 0.3 is 0 Å². The Morgan fingerprint density at radius 1 is 0.926 bits per heavy atom. The minimum Gasteiger partial charge on any atom is -0.340 e. The van der Waals surface area contributed by atoms with Crippen molar-refractivity contribution in [1.82, 2.24) is 9.97 Å². The van der Waals surface area contributed by atoms with E-state index in [1.165, 1.54) is 0 Å². The molecule has 0 aliphatic rings. The Hall–Kier alpha value is -3.24. The maximum Gasteiger partial charge on any atom is 0.162 e. The molecule has 0 bridgehead atoms. The highest BCUT2D eigenvalue weighted by molar-refractivity contribution is 6.30. The fourth-order valence-electron chi connectivity index (χ4n) is 2.85. The van der Waals surface area contributed by atoms with Crippen LogP contribution in [0.5, 0.6) is 0 Å². The van der Waals surface area contributed by atoms with Crippen molar-refractivity contribution in [2.75, 3.05) is 5.32 Å². The van der Waals surface area contributed by atoms with Gasteiger partial charge in [-0.1, -0.05) is 35.9 Å². The van der Waals surface area contributed by atoms with E-state index in [2.05, 4.69) is 10.3 Å². The minimum absolute atomic E-state index is 0.0213. The van der Waals surface area contributed by atoms with Crippen molar-refractivity contribution in [2.24, 2.45) is 0 Å². The molecule has 0 aliphatic heterocycles. The van der Waals surface area contributed by atoms with Crippen molar-refractivity contribution in [3.63, 3.8) is 0 Å². The Bertz CT molecular complexity index is 1140. The summed E-state index contributed by atoms with van der Waals surface area (Å²) in [6, 6.07) is 22.6. The molecule has 0 amide bonds.